The third kappa shape index (κ3) is 4.69. The first-order chi connectivity index (χ1) is 12.0. The van der Waals surface area contributed by atoms with Gasteiger partial charge in [0.25, 0.3) is 0 Å². The highest BCUT2D eigenvalue weighted by atomic mass is 16.1. The monoisotopic (exact) mass is 340 g/mol. The maximum Gasteiger partial charge on any atom is 0.221 e. The molecule has 1 saturated heterocycles. The summed E-state index contributed by atoms with van der Waals surface area (Å²) in [5.41, 5.74) is 4.68. The van der Waals surface area contributed by atoms with Gasteiger partial charge in [-0.15, -0.1) is 0 Å². The Morgan fingerprint density at radius 3 is 2.68 bits per heavy atom. The second-order valence-electron chi connectivity index (χ2n) is 7.13. The molecule has 0 unspecified atom stereocenters. The second-order valence-corrected chi connectivity index (χ2v) is 7.13. The molecule has 1 aromatic carbocycles. The molecule has 3 rings (SSSR count). The molecule has 0 saturated carbocycles. The molecule has 134 valence electrons. The Morgan fingerprint density at radius 1 is 1.24 bits per heavy atom. The Hall–Kier alpha value is -2.14. The minimum Gasteiger partial charge on any atom is -0.352 e. The first-order valence-corrected chi connectivity index (χ1v) is 9.08. The van der Waals surface area contributed by atoms with E-state index in [4.69, 9.17) is 0 Å². The van der Waals surface area contributed by atoms with Crippen molar-refractivity contribution in [2.24, 2.45) is 0 Å². The fourth-order valence-electron chi connectivity index (χ4n) is 3.49. The summed E-state index contributed by atoms with van der Waals surface area (Å²) in [7, 11) is 0. The van der Waals surface area contributed by atoms with Gasteiger partial charge in [0.1, 0.15) is 0 Å². The lowest BCUT2D eigenvalue weighted by Crippen LogP contribution is -2.30. The van der Waals surface area contributed by atoms with Crippen molar-refractivity contribution in [3.05, 3.63) is 52.8 Å². The van der Waals surface area contributed by atoms with Gasteiger partial charge in [0.15, 0.2) is 0 Å². The average Bonchev–Trinajstić information content (AvgIpc) is 3.18. The molecule has 0 aliphatic carbocycles. The number of benzene rings is 1. The van der Waals surface area contributed by atoms with Crippen LogP contribution in [0.25, 0.3) is 0 Å². The Morgan fingerprint density at radius 2 is 2.00 bits per heavy atom. The molecule has 1 aliphatic rings. The standard InChI is InChI=1S/C20H28N4O/c1-15-4-6-18(7-5-15)13-21-20(25)9-11-23-10-8-19(14-23)24-17(3)12-16(2)22-24/h4-7,12,19H,8-11,13-14H2,1-3H3,(H,21,25)/t19-/m1/s1. The fraction of sp³-hybridized carbons (Fsp3) is 0.500. The number of carbonyl (C=O) groups is 1. The molecule has 0 bridgehead atoms. The van der Waals surface area contributed by atoms with Gasteiger partial charge in [-0.05, 0) is 38.8 Å². The van der Waals surface area contributed by atoms with Gasteiger partial charge >= 0.3 is 0 Å². The number of aromatic nitrogens is 2. The maximum absolute atomic E-state index is 12.1. The Balaban J connectivity index is 1.41. The number of aryl methyl sites for hydroxylation is 3. The summed E-state index contributed by atoms with van der Waals surface area (Å²) >= 11 is 0. The van der Waals surface area contributed by atoms with Gasteiger partial charge in [-0.2, -0.15) is 5.10 Å². The van der Waals surface area contributed by atoms with Crippen LogP contribution in [0.3, 0.4) is 0 Å². The molecule has 1 aliphatic heterocycles. The van der Waals surface area contributed by atoms with E-state index in [2.05, 4.69) is 64.2 Å². The number of amides is 1. The predicted molar refractivity (Wildman–Crippen MR) is 99.4 cm³/mol. The van der Waals surface area contributed by atoms with E-state index >= 15 is 0 Å². The van der Waals surface area contributed by atoms with Gasteiger partial charge in [0, 0.05) is 38.3 Å². The van der Waals surface area contributed by atoms with E-state index in [1.165, 1.54) is 11.3 Å². The normalized spacial score (nSPS) is 17.8. The smallest absolute Gasteiger partial charge is 0.221 e. The lowest BCUT2D eigenvalue weighted by Gasteiger charge is -2.17. The molecule has 2 aromatic rings. The van der Waals surface area contributed by atoms with Gasteiger partial charge in [0.05, 0.1) is 11.7 Å². The van der Waals surface area contributed by atoms with Gasteiger partial charge in [-0.1, -0.05) is 29.8 Å². The molecule has 1 amide bonds. The molecule has 2 heterocycles. The van der Waals surface area contributed by atoms with Crippen molar-refractivity contribution in [2.75, 3.05) is 19.6 Å². The Labute approximate surface area is 150 Å². The minimum atomic E-state index is 0.120. The van der Waals surface area contributed by atoms with Crippen molar-refractivity contribution in [1.82, 2.24) is 20.0 Å². The predicted octanol–water partition coefficient (Wildman–Crippen LogP) is 2.76. The largest absolute Gasteiger partial charge is 0.352 e. The fourth-order valence-corrected chi connectivity index (χ4v) is 3.49. The number of nitrogens with one attached hydrogen (secondary N) is 1. The SMILES string of the molecule is Cc1ccc(CNC(=O)CCN2CC[C@@H](n3nc(C)cc3C)C2)cc1. The van der Waals surface area contributed by atoms with Crippen LogP contribution in [0, 0.1) is 20.8 Å². The number of hydrogen-bond donors (Lipinski definition) is 1. The van der Waals surface area contributed by atoms with E-state index < -0.39 is 0 Å². The van der Waals surface area contributed by atoms with Gasteiger partial charge < -0.3 is 10.2 Å². The topological polar surface area (TPSA) is 50.2 Å². The number of rotatable bonds is 6. The Bertz CT molecular complexity index is 720. The first-order valence-electron chi connectivity index (χ1n) is 9.08. The minimum absolute atomic E-state index is 0.120. The van der Waals surface area contributed by atoms with Crippen LogP contribution >= 0.6 is 0 Å². The van der Waals surface area contributed by atoms with E-state index in [0.717, 1.165) is 37.3 Å². The van der Waals surface area contributed by atoms with Crippen LogP contribution in [-0.4, -0.2) is 40.2 Å². The molecular weight excluding hydrogens is 312 g/mol. The van der Waals surface area contributed by atoms with E-state index in [1.54, 1.807) is 0 Å². The molecule has 0 spiro atoms. The van der Waals surface area contributed by atoms with Crippen LogP contribution < -0.4 is 5.32 Å². The lowest BCUT2D eigenvalue weighted by atomic mass is 10.1. The van der Waals surface area contributed by atoms with Gasteiger partial charge in [0.2, 0.25) is 5.91 Å². The first kappa shape index (κ1) is 17.7. The molecule has 1 N–H and O–H groups in total. The Kier molecular flexibility index (Phi) is 5.53. The lowest BCUT2D eigenvalue weighted by molar-refractivity contribution is -0.121. The molecule has 0 radical (unpaired) electrons. The number of nitrogens with zero attached hydrogens (tertiary/aromatic N) is 3. The van der Waals surface area contributed by atoms with Crippen molar-refractivity contribution in [1.29, 1.82) is 0 Å². The average molecular weight is 340 g/mol. The summed E-state index contributed by atoms with van der Waals surface area (Å²) in [6, 6.07) is 10.8. The zero-order valence-electron chi connectivity index (χ0n) is 15.5. The molecule has 1 atom stereocenters. The van der Waals surface area contributed by atoms with Crippen molar-refractivity contribution < 1.29 is 4.79 Å². The third-order valence-electron chi connectivity index (χ3n) is 4.90. The summed E-state index contributed by atoms with van der Waals surface area (Å²) in [4.78, 5) is 14.5. The highest BCUT2D eigenvalue weighted by molar-refractivity contribution is 5.76. The van der Waals surface area contributed by atoms with Crippen molar-refractivity contribution in [3.8, 4) is 0 Å². The van der Waals surface area contributed by atoms with Crippen molar-refractivity contribution in [2.45, 2.75) is 46.2 Å². The molecule has 5 heteroatoms. The van der Waals surface area contributed by atoms with Crippen LogP contribution in [0.5, 0.6) is 0 Å². The van der Waals surface area contributed by atoms with Crippen LogP contribution in [-0.2, 0) is 11.3 Å². The van der Waals surface area contributed by atoms with Crippen molar-refractivity contribution >= 4 is 5.91 Å². The van der Waals surface area contributed by atoms with Gasteiger partial charge in [-0.25, -0.2) is 0 Å². The van der Waals surface area contributed by atoms with Gasteiger partial charge in [-0.3, -0.25) is 9.48 Å². The highest BCUT2D eigenvalue weighted by Crippen LogP contribution is 2.23. The molecule has 25 heavy (non-hydrogen) atoms. The summed E-state index contributed by atoms with van der Waals surface area (Å²) in [6.45, 7) is 9.65. The second kappa shape index (κ2) is 7.83. The van der Waals surface area contributed by atoms with E-state index in [9.17, 15) is 4.79 Å². The van der Waals surface area contributed by atoms with Crippen LogP contribution in [0.4, 0.5) is 0 Å². The summed E-state index contributed by atoms with van der Waals surface area (Å²) in [5.74, 6) is 0.120. The van der Waals surface area contributed by atoms with Crippen molar-refractivity contribution in [3.63, 3.8) is 0 Å². The summed E-state index contributed by atoms with van der Waals surface area (Å²) in [6.07, 6.45) is 1.66. The maximum atomic E-state index is 12.1. The molecular formula is C20H28N4O. The number of hydrogen-bond acceptors (Lipinski definition) is 3. The zero-order valence-corrected chi connectivity index (χ0v) is 15.5. The van der Waals surface area contributed by atoms with Crippen LogP contribution in [0.15, 0.2) is 30.3 Å². The van der Waals surface area contributed by atoms with E-state index in [-0.39, 0.29) is 5.91 Å². The summed E-state index contributed by atoms with van der Waals surface area (Å²) < 4.78 is 2.15. The van der Waals surface area contributed by atoms with E-state index in [1.807, 2.05) is 6.92 Å². The molecule has 5 nitrogen and oxygen atoms in total. The van der Waals surface area contributed by atoms with Crippen LogP contribution in [0.2, 0.25) is 0 Å². The van der Waals surface area contributed by atoms with Crippen LogP contribution in [0.1, 0.15) is 41.4 Å². The van der Waals surface area contributed by atoms with E-state index in [0.29, 0.717) is 19.0 Å². The number of likely N-dealkylation sites (tertiary alicyclic amines) is 1. The zero-order chi connectivity index (χ0) is 17.8. The number of carbonyl (C=O) groups excluding carboxylic acids is 1. The third-order valence-corrected chi connectivity index (χ3v) is 4.90. The summed E-state index contributed by atoms with van der Waals surface area (Å²) in [5, 5.41) is 7.62. The molecule has 1 aromatic heterocycles. The molecule has 1 fully saturated rings. The highest BCUT2D eigenvalue weighted by Gasteiger charge is 2.25. The quantitative estimate of drug-likeness (QED) is 0.880.